The fourth-order valence-corrected chi connectivity index (χ4v) is 5.21. The van der Waals surface area contributed by atoms with Crippen molar-refractivity contribution < 1.29 is 24.3 Å². The van der Waals surface area contributed by atoms with Crippen LogP contribution in [0.1, 0.15) is 51.5 Å². The fraction of sp³-hybridized carbons (Fsp3) is 0.209. The SMILES string of the molecule is CC(C)(C)OC(=O)Nc1ccc2cnccc2n1.CC(C)CCON=O.Ic1ccc2cnccc2n1.Nc1ccc2cnccc2n1.O=C(O)c1ccc2cnccc2n1. The number of carbonyl (C=O) groups is 2. The lowest BCUT2D eigenvalue weighted by molar-refractivity contribution is 0.0633. The van der Waals surface area contributed by atoms with Gasteiger partial charge in [-0.05, 0) is 128 Å². The lowest BCUT2D eigenvalue weighted by Crippen LogP contribution is -2.27. The zero-order valence-corrected chi connectivity index (χ0v) is 36.2. The Labute approximate surface area is 364 Å². The molecule has 0 aliphatic carbocycles. The van der Waals surface area contributed by atoms with Crippen molar-refractivity contribution >= 4 is 89.9 Å². The molecule has 0 aromatic carbocycles. The first kappa shape index (κ1) is 46.6. The molecule has 0 spiro atoms. The van der Waals surface area contributed by atoms with Gasteiger partial charge in [0.1, 0.15) is 33.2 Å². The number of aromatic nitrogens is 8. The first-order valence-corrected chi connectivity index (χ1v) is 19.7. The lowest BCUT2D eigenvalue weighted by Gasteiger charge is -2.19. The van der Waals surface area contributed by atoms with Gasteiger partial charge in [-0.1, -0.05) is 13.8 Å². The van der Waals surface area contributed by atoms with Crippen molar-refractivity contribution in [1.29, 1.82) is 0 Å². The third kappa shape index (κ3) is 16.6. The number of pyridine rings is 8. The van der Waals surface area contributed by atoms with Crippen LogP contribution in [0.25, 0.3) is 43.6 Å². The number of carbonyl (C=O) groups excluding carboxylic acids is 1. The van der Waals surface area contributed by atoms with E-state index in [1.165, 1.54) is 6.07 Å². The van der Waals surface area contributed by atoms with E-state index in [1.54, 1.807) is 73.7 Å². The van der Waals surface area contributed by atoms with Crippen LogP contribution in [0, 0.1) is 14.5 Å². The maximum Gasteiger partial charge on any atom is 0.413 e. The van der Waals surface area contributed by atoms with E-state index >= 15 is 0 Å². The summed E-state index contributed by atoms with van der Waals surface area (Å²) in [5, 5.41) is 17.4. The summed E-state index contributed by atoms with van der Waals surface area (Å²) in [5.74, 6) is 0.571. The Bertz CT molecular complexity index is 2600. The summed E-state index contributed by atoms with van der Waals surface area (Å²) in [4.78, 5) is 68.2. The molecule has 0 saturated heterocycles. The highest BCUT2D eigenvalue weighted by molar-refractivity contribution is 14.1. The number of nitrogen functional groups attached to an aromatic ring is 1. The number of carboxylic acid groups (broad SMARTS) is 1. The molecule has 18 heteroatoms. The fourth-order valence-electron chi connectivity index (χ4n) is 4.77. The van der Waals surface area contributed by atoms with Crippen LogP contribution in [0.3, 0.4) is 0 Å². The largest absolute Gasteiger partial charge is 0.477 e. The third-order valence-electron chi connectivity index (χ3n) is 7.63. The molecule has 0 atom stereocenters. The summed E-state index contributed by atoms with van der Waals surface area (Å²) in [5.41, 5.74) is 8.34. The van der Waals surface area contributed by atoms with E-state index in [9.17, 15) is 14.5 Å². The molecule has 314 valence electrons. The summed E-state index contributed by atoms with van der Waals surface area (Å²) in [6.07, 6.45) is 14.0. The molecule has 0 bridgehead atoms. The van der Waals surface area contributed by atoms with Crippen molar-refractivity contribution in [2.45, 2.75) is 46.6 Å². The maximum atomic E-state index is 11.6. The van der Waals surface area contributed by atoms with Crippen LogP contribution in [0.4, 0.5) is 16.4 Å². The van der Waals surface area contributed by atoms with Gasteiger partial charge in [0.2, 0.25) is 0 Å². The average Bonchev–Trinajstić information content (AvgIpc) is 3.23. The number of halogens is 1. The van der Waals surface area contributed by atoms with Crippen LogP contribution < -0.4 is 11.1 Å². The number of amides is 1. The first-order chi connectivity index (χ1) is 29.2. The van der Waals surface area contributed by atoms with Crippen molar-refractivity contribution in [2.75, 3.05) is 17.7 Å². The van der Waals surface area contributed by atoms with Crippen molar-refractivity contribution in [2.24, 2.45) is 11.3 Å². The Morgan fingerprint density at radius 2 is 1.18 bits per heavy atom. The number of ether oxygens (including phenoxy) is 1. The second kappa shape index (κ2) is 23.5. The number of rotatable bonds is 6. The highest BCUT2D eigenvalue weighted by atomic mass is 127. The van der Waals surface area contributed by atoms with E-state index in [-0.39, 0.29) is 5.69 Å². The van der Waals surface area contributed by atoms with Gasteiger partial charge in [-0.25, -0.2) is 29.5 Å². The molecule has 8 aromatic heterocycles. The topological polar surface area (TPSA) is 243 Å². The van der Waals surface area contributed by atoms with Gasteiger partial charge in [0.25, 0.3) is 0 Å². The molecule has 0 saturated carbocycles. The van der Waals surface area contributed by atoms with E-state index in [1.807, 2.05) is 63.4 Å². The molecule has 0 unspecified atom stereocenters. The van der Waals surface area contributed by atoms with E-state index in [2.05, 4.69) is 91.8 Å². The van der Waals surface area contributed by atoms with Crippen LogP contribution in [0.2, 0.25) is 0 Å². The van der Waals surface area contributed by atoms with Gasteiger partial charge in [-0.15, -0.1) is 4.91 Å². The number of nitrogens with two attached hydrogens (primary N) is 1. The Hall–Kier alpha value is -7.09. The average molecular weight is 938 g/mol. The van der Waals surface area contributed by atoms with Gasteiger partial charge in [-0.2, -0.15) is 0 Å². The summed E-state index contributed by atoms with van der Waals surface area (Å²) in [7, 11) is 0. The predicted molar refractivity (Wildman–Crippen MR) is 243 cm³/mol. The van der Waals surface area contributed by atoms with Crippen molar-refractivity contribution in [1.82, 2.24) is 39.9 Å². The molecule has 1 amide bonds. The number of aromatic carboxylic acids is 1. The van der Waals surface area contributed by atoms with Crippen LogP contribution >= 0.6 is 22.6 Å². The smallest absolute Gasteiger partial charge is 0.413 e. The van der Waals surface area contributed by atoms with Crippen LogP contribution in [-0.4, -0.2) is 69.2 Å². The summed E-state index contributed by atoms with van der Waals surface area (Å²) in [6, 6.07) is 21.6. The molecule has 17 nitrogen and oxygen atoms in total. The second-order valence-electron chi connectivity index (χ2n) is 14.1. The van der Waals surface area contributed by atoms with E-state index in [0.717, 1.165) is 48.2 Å². The highest BCUT2D eigenvalue weighted by Gasteiger charge is 2.16. The van der Waals surface area contributed by atoms with Crippen molar-refractivity contribution in [3.05, 3.63) is 137 Å². The van der Waals surface area contributed by atoms with Crippen molar-refractivity contribution in [3.63, 3.8) is 0 Å². The molecule has 0 aliphatic heterocycles. The number of hydrogen-bond acceptors (Lipinski definition) is 15. The first-order valence-electron chi connectivity index (χ1n) is 18.6. The minimum atomic E-state index is -1.02. The Balaban J connectivity index is 0.000000172. The normalized spacial score (nSPS) is 10.4. The maximum absolute atomic E-state index is 11.6. The lowest BCUT2D eigenvalue weighted by atomic mass is 10.1. The minimum absolute atomic E-state index is 0.0544. The quantitative estimate of drug-likeness (QED) is 0.0462. The highest BCUT2D eigenvalue weighted by Crippen LogP contribution is 2.16. The summed E-state index contributed by atoms with van der Waals surface area (Å²) < 4.78 is 6.17. The van der Waals surface area contributed by atoms with Gasteiger partial charge in [-0.3, -0.25) is 25.3 Å². The molecule has 0 aliphatic rings. The van der Waals surface area contributed by atoms with Gasteiger partial charge in [0.15, 0.2) is 5.34 Å². The molecule has 8 aromatic rings. The number of nitrogens with one attached hydrogen (secondary N) is 1. The number of fused-ring (bicyclic) bond motifs is 4. The molecule has 0 fully saturated rings. The monoisotopic (exact) mass is 937 g/mol. The Kier molecular flexibility index (Phi) is 17.9. The number of hydrogen-bond donors (Lipinski definition) is 3. The molecular weight excluding hydrogens is 893 g/mol. The third-order valence-corrected chi connectivity index (χ3v) is 8.23. The van der Waals surface area contributed by atoms with E-state index in [0.29, 0.717) is 29.7 Å². The summed E-state index contributed by atoms with van der Waals surface area (Å²) in [6.45, 7) is 10.0. The Morgan fingerprint density at radius 3 is 1.69 bits per heavy atom. The zero-order chi connectivity index (χ0) is 44.2. The molecular formula is C43H44IN11O6. The van der Waals surface area contributed by atoms with Gasteiger partial charge < -0.3 is 20.4 Å². The van der Waals surface area contributed by atoms with Crippen molar-refractivity contribution in [3.8, 4) is 0 Å². The molecule has 4 N–H and O–H groups in total. The standard InChI is InChI=1S/C13H15N3O2.C9H6N2O2.C8H5IN2.C8H7N3.C5H11NO2/c1-13(2,3)18-12(17)16-11-5-4-9-8-14-7-6-10(9)15-11;12-9(13)8-2-1-6-5-10-4-3-7(6)11-8;2*9-8-2-1-6-5-10-4-3-7(6)11-8;1-5(2)3-4-8-6-7/h4-8H,1-3H3,(H,15,16,17);1-5H,(H,12,13);1-5H;1-5H,(H2,9,11);5H,3-4H2,1-2H3. The number of anilines is 2. The van der Waals surface area contributed by atoms with Crippen LogP contribution in [0.15, 0.2) is 128 Å². The number of nitrogens with zero attached hydrogens (tertiary/aromatic N) is 9. The van der Waals surface area contributed by atoms with Gasteiger partial charge >= 0.3 is 12.1 Å². The summed E-state index contributed by atoms with van der Waals surface area (Å²) >= 11 is 2.20. The zero-order valence-electron chi connectivity index (χ0n) is 34.0. The van der Waals surface area contributed by atoms with E-state index in [4.69, 9.17) is 15.6 Å². The molecule has 61 heavy (non-hydrogen) atoms. The second-order valence-corrected chi connectivity index (χ2v) is 15.2. The molecule has 8 heterocycles. The van der Waals surface area contributed by atoms with Crippen LogP contribution in [0.5, 0.6) is 0 Å². The van der Waals surface area contributed by atoms with Gasteiger partial charge in [0, 0.05) is 71.1 Å². The van der Waals surface area contributed by atoms with E-state index < -0.39 is 17.7 Å². The van der Waals surface area contributed by atoms with Crippen LogP contribution in [-0.2, 0) is 9.57 Å². The minimum Gasteiger partial charge on any atom is -0.477 e. The van der Waals surface area contributed by atoms with Gasteiger partial charge in [0.05, 0.1) is 22.1 Å². The molecule has 8 rings (SSSR count). The predicted octanol–water partition coefficient (Wildman–Crippen LogP) is 9.48. The molecule has 0 radical (unpaired) electrons. The number of carboxylic acids is 1. The Morgan fingerprint density at radius 1 is 0.705 bits per heavy atom.